The Kier molecular flexibility index (Phi) is 8.86. The first-order valence-electron chi connectivity index (χ1n) is 11.8. The van der Waals surface area contributed by atoms with E-state index in [4.69, 9.17) is 4.74 Å². The van der Waals surface area contributed by atoms with Gasteiger partial charge in [-0.25, -0.2) is 4.79 Å². The second-order valence-electron chi connectivity index (χ2n) is 9.35. The van der Waals surface area contributed by atoms with E-state index in [1.165, 1.54) is 0 Å². The third kappa shape index (κ3) is 5.30. The Balaban J connectivity index is 2.44. The lowest BCUT2D eigenvalue weighted by atomic mass is 9.83. The van der Waals surface area contributed by atoms with E-state index in [0.717, 1.165) is 15.9 Å². The maximum atomic E-state index is 14.4. The van der Waals surface area contributed by atoms with Crippen LogP contribution in [0.5, 0.6) is 0 Å². The second kappa shape index (κ2) is 11.5. The Morgan fingerprint density at radius 3 is 1.50 bits per heavy atom. The molecule has 0 spiro atoms. The molecule has 0 aliphatic rings. The first-order valence-corrected chi connectivity index (χ1v) is 14.3. The number of hydrogen-bond donors (Lipinski definition) is 1. The van der Waals surface area contributed by atoms with Crippen molar-refractivity contribution in [2.24, 2.45) is 5.41 Å². The van der Waals surface area contributed by atoms with Crippen molar-refractivity contribution in [1.29, 1.82) is 0 Å². The molecule has 0 aliphatic heterocycles. The van der Waals surface area contributed by atoms with Crippen molar-refractivity contribution in [3.05, 3.63) is 91.0 Å². The van der Waals surface area contributed by atoms with Crippen molar-refractivity contribution < 1.29 is 24.2 Å². The van der Waals surface area contributed by atoms with Gasteiger partial charge in [-0.3, -0.25) is 9.59 Å². The minimum atomic E-state index is -3.09. The Labute approximate surface area is 221 Å². The quantitative estimate of drug-likeness (QED) is 0.150. The Morgan fingerprint density at radius 2 is 1.17 bits per heavy atom. The highest BCUT2D eigenvalue weighted by Crippen LogP contribution is 2.70. The number of halogens is 1. The van der Waals surface area contributed by atoms with E-state index in [9.17, 15) is 19.5 Å². The van der Waals surface area contributed by atoms with E-state index in [1.807, 2.05) is 91.0 Å². The summed E-state index contributed by atoms with van der Waals surface area (Å²) in [6.45, 7) is 5.25. The molecule has 1 atom stereocenters. The molecule has 188 valence electrons. The summed E-state index contributed by atoms with van der Waals surface area (Å²) in [5.74, 6) is -2.08. The average molecular weight is 570 g/mol. The van der Waals surface area contributed by atoms with Gasteiger partial charge in [0.2, 0.25) is 0 Å². The highest BCUT2D eigenvalue weighted by molar-refractivity contribution is 9.12. The largest absolute Gasteiger partial charge is 0.481 e. The monoisotopic (exact) mass is 569 g/mol. The van der Waals surface area contributed by atoms with Crippen LogP contribution in [0.2, 0.25) is 0 Å². The molecule has 0 amide bonds. The summed E-state index contributed by atoms with van der Waals surface area (Å²) in [4.78, 5) is 40.0. The maximum absolute atomic E-state index is 14.4. The van der Waals surface area contributed by atoms with Crippen LogP contribution in [0.15, 0.2) is 91.0 Å². The normalized spacial score (nSPS) is 13.4. The Hall–Kier alpha value is -2.82. The van der Waals surface area contributed by atoms with E-state index in [-0.39, 0.29) is 19.4 Å². The summed E-state index contributed by atoms with van der Waals surface area (Å²) in [6.07, 6.45) is -0.338. The zero-order valence-corrected chi connectivity index (χ0v) is 23.2. The Bertz CT molecular complexity index is 1100. The number of esters is 1. The number of ketones is 1. The summed E-state index contributed by atoms with van der Waals surface area (Å²) in [5, 5.41) is 11.9. The number of carbonyl (C=O) groups is 3. The number of benzene rings is 3. The molecule has 0 aliphatic carbocycles. The van der Waals surface area contributed by atoms with Crippen molar-refractivity contribution in [2.75, 3.05) is 6.61 Å². The first-order chi connectivity index (χ1) is 17.1. The van der Waals surface area contributed by atoms with Crippen molar-refractivity contribution in [3.63, 3.8) is 0 Å². The van der Waals surface area contributed by atoms with Gasteiger partial charge in [0.1, 0.15) is 23.2 Å². The zero-order valence-electron chi connectivity index (χ0n) is 20.7. The van der Waals surface area contributed by atoms with Crippen LogP contribution in [-0.4, -0.2) is 33.5 Å². The first kappa shape index (κ1) is 27.8. The minimum absolute atomic E-state index is 0.0936. The van der Waals surface area contributed by atoms with Crippen LogP contribution in [0, 0.1) is 5.41 Å². The van der Waals surface area contributed by atoms with E-state index >= 15 is 0 Å². The van der Waals surface area contributed by atoms with Gasteiger partial charge < -0.3 is 9.84 Å². The van der Waals surface area contributed by atoms with Gasteiger partial charge in [-0.05, 0) is 64.7 Å². The number of Topliss-reactive ketones (excluding diaryl/α,β-unsaturated/α-hetero) is 1. The van der Waals surface area contributed by atoms with Gasteiger partial charge in [0, 0.05) is 6.42 Å². The molecule has 0 bridgehead atoms. The molecule has 36 heavy (non-hydrogen) atoms. The van der Waals surface area contributed by atoms with Crippen LogP contribution in [0.25, 0.3) is 0 Å². The molecule has 0 heterocycles. The molecule has 3 aromatic rings. The van der Waals surface area contributed by atoms with Gasteiger partial charge >= 0.3 is 11.9 Å². The summed E-state index contributed by atoms with van der Waals surface area (Å²) in [5.41, 5.74) is -0.881. The van der Waals surface area contributed by atoms with E-state index in [2.05, 4.69) is 15.9 Å². The van der Waals surface area contributed by atoms with Gasteiger partial charge in [-0.2, -0.15) is 0 Å². The fourth-order valence-corrected chi connectivity index (χ4v) is 11.3. The van der Waals surface area contributed by atoms with E-state index < -0.39 is 34.5 Å². The van der Waals surface area contributed by atoms with Crippen molar-refractivity contribution in [1.82, 2.24) is 0 Å². The molecule has 3 rings (SSSR count). The van der Waals surface area contributed by atoms with Crippen LogP contribution < -0.4 is 15.9 Å². The Morgan fingerprint density at radius 1 is 0.778 bits per heavy atom. The zero-order chi connectivity index (χ0) is 26.4. The summed E-state index contributed by atoms with van der Waals surface area (Å²) in [6, 6.07) is 28.7. The third-order valence-corrected chi connectivity index (χ3v) is 13.0. The van der Waals surface area contributed by atoms with Crippen LogP contribution in [-0.2, 0) is 19.1 Å². The molecule has 7 heteroatoms. The third-order valence-electron chi connectivity index (χ3n) is 6.08. The molecule has 0 saturated carbocycles. The number of aliphatic carboxylic acids is 1. The maximum Gasteiger partial charge on any atom is 0.370 e. The van der Waals surface area contributed by atoms with Crippen LogP contribution in [0.4, 0.5) is 0 Å². The average Bonchev–Trinajstić information content (AvgIpc) is 2.85. The molecule has 0 fully saturated rings. The van der Waals surface area contributed by atoms with Crippen LogP contribution in [0.1, 0.15) is 33.6 Å². The second-order valence-corrected chi connectivity index (χ2v) is 14.7. The molecular weight excluding hydrogens is 539 g/mol. The summed E-state index contributed by atoms with van der Waals surface area (Å²) in [7, 11) is -3.09. The van der Waals surface area contributed by atoms with Gasteiger partial charge in [-0.1, -0.05) is 68.4 Å². The van der Waals surface area contributed by atoms with Crippen LogP contribution in [0.3, 0.4) is 0 Å². The number of ether oxygens (including phenoxy) is 1. The van der Waals surface area contributed by atoms with Crippen LogP contribution >= 0.6 is 23.2 Å². The number of rotatable bonds is 11. The topological polar surface area (TPSA) is 80.7 Å². The lowest BCUT2D eigenvalue weighted by molar-refractivity contribution is -0.146. The molecule has 0 aromatic heterocycles. The SMILES string of the molecule is CCOC(=O)C(Br)(C(=O)CC(C)(C)CC(=O)O)[P+](c1ccccc1)(c1ccccc1)c1ccccc1. The fraction of sp³-hybridized carbons (Fsp3) is 0.276. The molecule has 3 aromatic carbocycles. The molecular formula is C29H31BrO5P+. The molecule has 0 radical (unpaired) electrons. The van der Waals surface area contributed by atoms with Gasteiger partial charge in [0.15, 0.2) is 5.78 Å². The van der Waals surface area contributed by atoms with Crippen molar-refractivity contribution in [2.45, 2.75) is 37.7 Å². The van der Waals surface area contributed by atoms with Gasteiger partial charge in [0.25, 0.3) is 4.07 Å². The number of hydrogen-bond acceptors (Lipinski definition) is 4. The lowest BCUT2D eigenvalue weighted by Crippen LogP contribution is -2.54. The summed E-state index contributed by atoms with van der Waals surface area (Å²) < 4.78 is 3.82. The smallest absolute Gasteiger partial charge is 0.370 e. The lowest BCUT2D eigenvalue weighted by Gasteiger charge is -2.39. The number of carbonyl (C=O) groups excluding carboxylic acids is 2. The van der Waals surface area contributed by atoms with Gasteiger partial charge in [0.05, 0.1) is 13.0 Å². The highest BCUT2D eigenvalue weighted by atomic mass is 79.9. The standard InChI is InChI=1S/C29H30BrO5P/c1-4-35-27(34)29(30,25(31)20-28(2,3)21-26(32)33)36(22-14-8-5-9-15-22,23-16-10-6-11-17-23)24-18-12-7-13-19-24/h5-19H,4,20-21H2,1-3H3/p+1. The number of carboxylic acids is 1. The fourth-order valence-electron chi connectivity index (χ4n) is 4.62. The molecule has 1 unspecified atom stereocenters. The van der Waals surface area contributed by atoms with E-state index in [0.29, 0.717) is 0 Å². The number of carboxylic acid groups (broad SMARTS) is 1. The predicted molar refractivity (Wildman–Crippen MR) is 149 cm³/mol. The summed E-state index contributed by atoms with van der Waals surface area (Å²) >= 11 is 3.75. The minimum Gasteiger partial charge on any atom is -0.481 e. The predicted octanol–water partition coefficient (Wildman–Crippen LogP) is 5.09. The molecule has 5 nitrogen and oxygen atoms in total. The number of alkyl halides is 1. The van der Waals surface area contributed by atoms with E-state index in [1.54, 1.807) is 20.8 Å². The van der Waals surface area contributed by atoms with Gasteiger partial charge in [-0.15, -0.1) is 0 Å². The van der Waals surface area contributed by atoms with Crippen molar-refractivity contribution >= 4 is 56.8 Å². The molecule has 0 saturated heterocycles. The molecule has 1 N–H and O–H groups in total. The van der Waals surface area contributed by atoms with Crippen molar-refractivity contribution in [3.8, 4) is 0 Å². The highest BCUT2D eigenvalue weighted by Gasteiger charge is 2.71.